The lowest BCUT2D eigenvalue weighted by Crippen LogP contribution is -2.71. The highest BCUT2D eigenvalue weighted by molar-refractivity contribution is 8.00. The molecular formula is C29H25N3O10S. The van der Waals surface area contributed by atoms with Gasteiger partial charge in [0.2, 0.25) is 12.2 Å². The number of esters is 1. The number of amides is 2. The molecule has 1 unspecified atom stereocenters. The van der Waals surface area contributed by atoms with E-state index in [-0.39, 0.29) is 41.4 Å². The Balaban J connectivity index is 1.15. The Morgan fingerprint density at radius 2 is 1.86 bits per heavy atom. The number of nitrogens with one attached hydrogen (secondary N) is 1. The van der Waals surface area contributed by atoms with Gasteiger partial charge in [0.1, 0.15) is 35.0 Å². The summed E-state index contributed by atoms with van der Waals surface area (Å²) in [7, 11) is 0. The number of aryl methyl sites for hydroxylation is 1. The zero-order valence-electron chi connectivity index (χ0n) is 22.7. The molecule has 0 radical (unpaired) electrons. The van der Waals surface area contributed by atoms with Gasteiger partial charge >= 0.3 is 11.9 Å². The molecule has 0 saturated carbocycles. The van der Waals surface area contributed by atoms with Gasteiger partial charge in [0.15, 0.2) is 18.1 Å². The van der Waals surface area contributed by atoms with Gasteiger partial charge < -0.3 is 33.9 Å². The van der Waals surface area contributed by atoms with Crippen molar-refractivity contribution in [3.8, 4) is 17.2 Å². The number of carbonyl (C=O) groups excluding carboxylic acids is 3. The highest BCUT2D eigenvalue weighted by Gasteiger charge is 2.54. The van der Waals surface area contributed by atoms with Crippen LogP contribution in [0, 0.1) is 0 Å². The van der Waals surface area contributed by atoms with Gasteiger partial charge in [-0.2, -0.15) is 0 Å². The summed E-state index contributed by atoms with van der Waals surface area (Å²) in [4.78, 5) is 64.9. The summed E-state index contributed by atoms with van der Waals surface area (Å²) < 4.78 is 23.3. The molecule has 2 amide bonds. The van der Waals surface area contributed by atoms with Crippen LogP contribution in [0.5, 0.6) is 17.2 Å². The number of benzene rings is 2. The minimum Gasteiger partial charge on any atom is -0.484 e. The third kappa shape index (κ3) is 5.14. The van der Waals surface area contributed by atoms with Gasteiger partial charge in [-0.25, -0.2) is 9.59 Å². The van der Waals surface area contributed by atoms with Crippen LogP contribution in [0.1, 0.15) is 17.3 Å². The second-order valence-corrected chi connectivity index (χ2v) is 10.9. The Morgan fingerprint density at radius 1 is 1.12 bits per heavy atom. The highest BCUT2D eigenvalue weighted by atomic mass is 32.2. The number of fused-ring (bicyclic) bond motifs is 3. The fourth-order valence-electron chi connectivity index (χ4n) is 5.09. The van der Waals surface area contributed by atoms with E-state index >= 15 is 0 Å². The summed E-state index contributed by atoms with van der Waals surface area (Å²) in [6, 6.07) is 11.0. The number of hydrogen-bond donors (Lipinski definition) is 2. The maximum atomic E-state index is 13.2. The van der Waals surface area contributed by atoms with E-state index in [1.54, 1.807) is 41.0 Å². The molecule has 1 saturated heterocycles. The lowest BCUT2D eigenvalue weighted by molar-refractivity contribution is -0.151. The summed E-state index contributed by atoms with van der Waals surface area (Å²) in [5.41, 5.74) is -0.366. The number of carboxylic acid groups (broad SMARTS) is 1. The zero-order valence-corrected chi connectivity index (χ0v) is 23.5. The number of nitrogens with zero attached hydrogens (tertiary/aromatic N) is 2. The van der Waals surface area contributed by atoms with Crippen LogP contribution in [0.4, 0.5) is 0 Å². The van der Waals surface area contributed by atoms with Crippen molar-refractivity contribution in [2.75, 3.05) is 25.8 Å². The molecule has 43 heavy (non-hydrogen) atoms. The van der Waals surface area contributed by atoms with Gasteiger partial charge in [0, 0.05) is 30.1 Å². The molecule has 3 aliphatic rings. The fourth-order valence-corrected chi connectivity index (χ4v) is 6.42. The predicted octanol–water partition coefficient (Wildman–Crippen LogP) is 1.72. The highest BCUT2D eigenvalue weighted by Crippen LogP contribution is 2.40. The largest absolute Gasteiger partial charge is 0.484 e. The van der Waals surface area contributed by atoms with Crippen LogP contribution in [0.15, 0.2) is 64.7 Å². The van der Waals surface area contributed by atoms with Crippen molar-refractivity contribution in [3.63, 3.8) is 0 Å². The van der Waals surface area contributed by atoms with E-state index < -0.39 is 47.2 Å². The van der Waals surface area contributed by atoms with E-state index in [0.29, 0.717) is 29.3 Å². The van der Waals surface area contributed by atoms with E-state index in [0.717, 1.165) is 4.90 Å². The number of β-lactam (4-membered cyclic amide) rings is 1. The first-order chi connectivity index (χ1) is 20.8. The van der Waals surface area contributed by atoms with E-state index in [1.165, 1.54) is 24.0 Å². The second kappa shape index (κ2) is 11.4. The minimum atomic E-state index is -1.38. The Bertz CT molecular complexity index is 1750. The van der Waals surface area contributed by atoms with Crippen molar-refractivity contribution in [2.45, 2.75) is 24.9 Å². The average Bonchev–Trinajstić information content (AvgIpc) is 3.48. The zero-order chi connectivity index (χ0) is 30.2. The topological polar surface area (TPSA) is 163 Å². The lowest BCUT2D eigenvalue weighted by Gasteiger charge is -2.49. The number of para-hydroxylation sites is 1. The number of aliphatic carboxylic acids is 1. The molecule has 2 N–H and O–H groups in total. The summed E-state index contributed by atoms with van der Waals surface area (Å²) >= 11 is 1.23. The van der Waals surface area contributed by atoms with Gasteiger partial charge in [-0.1, -0.05) is 18.2 Å². The maximum Gasteiger partial charge on any atom is 0.352 e. The molecule has 0 bridgehead atoms. The van der Waals surface area contributed by atoms with E-state index in [4.69, 9.17) is 18.9 Å². The van der Waals surface area contributed by atoms with Crippen molar-refractivity contribution >= 4 is 46.4 Å². The van der Waals surface area contributed by atoms with Crippen LogP contribution in [-0.4, -0.2) is 75.5 Å². The third-order valence-electron chi connectivity index (χ3n) is 7.19. The third-order valence-corrected chi connectivity index (χ3v) is 8.53. The molecule has 1 aromatic heterocycles. The monoisotopic (exact) mass is 607 g/mol. The van der Waals surface area contributed by atoms with Crippen molar-refractivity contribution < 1.29 is 43.2 Å². The molecule has 13 nitrogen and oxygen atoms in total. The number of thioether (sulfide) groups is 1. The van der Waals surface area contributed by atoms with Gasteiger partial charge in [0.05, 0.1) is 10.9 Å². The summed E-state index contributed by atoms with van der Waals surface area (Å²) in [6.07, 6.45) is 1.39. The van der Waals surface area contributed by atoms with Gasteiger partial charge in [-0.15, -0.1) is 11.8 Å². The Morgan fingerprint density at radius 3 is 2.58 bits per heavy atom. The summed E-state index contributed by atoms with van der Waals surface area (Å²) in [5.74, 6) is -1.95. The van der Waals surface area contributed by atoms with Crippen LogP contribution in [0.25, 0.3) is 10.9 Å². The average molecular weight is 608 g/mol. The molecule has 6 rings (SSSR count). The van der Waals surface area contributed by atoms with Crippen LogP contribution >= 0.6 is 11.8 Å². The molecule has 2 atom stereocenters. The number of pyridine rings is 1. The van der Waals surface area contributed by atoms with Gasteiger partial charge in [0.25, 0.3) is 11.8 Å². The number of hydrogen-bond acceptors (Lipinski definition) is 10. The number of rotatable bonds is 9. The van der Waals surface area contributed by atoms with Crippen LogP contribution in [-0.2, 0) is 25.7 Å². The first kappa shape index (κ1) is 28.2. The summed E-state index contributed by atoms with van der Waals surface area (Å²) in [5, 5.41) is 12.1. The fraction of sp³-hybridized carbons (Fsp3) is 0.276. The standard InChI is InChI=1S/C29H25N3O10S/c1-2-31-10-18(25(34)17-8-20-21(9-19(17)31)42-14-41-20)29(38)40-11-15-13-43-27-23(26(35)32(27)24(15)28(36)37)30-22(33)12-39-16-6-4-3-5-7-16/h3-10,23,27H,2,11-14H2,1H3,(H,30,33)(H,36,37)/t23-,27?/m1/s1. The number of ether oxygens (including phenoxy) is 4. The van der Waals surface area contributed by atoms with E-state index in [1.807, 2.05) is 6.92 Å². The van der Waals surface area contributed by atoms with Crippen LogP contribution in [0.2, 0.25) is 0 Å². The second-order valence-electron chi connectivity index (χ2n) is 9.77. The van der Waals surface area contributed by atoms with Gasteiger partial charge in [-0.05, 0) is 25.1 Å². The quantitative estimate of drug-likeness (QED) is 0.269. The van der Waals surface area contributed by atoms with Crippen molar-refractivity contribution in [1.29, 1.82) is 0 Å². The van der Waals surface area contributed by atoms with Crippen molar-refractivity contribution in [1.82, 2.24) is 14.8 Å². The smallest absolute Gasteiger partial charge is 0.352 e. The molecular weight excluding hydrogens is 582 g/mol. The number of carboxylic acids is 1. The lowest BCUT2D eigenvalue weighted by atomic mass is 10.0. The molecule has 4 heterocycles. The number of carbonyl (C=O) groups is 4. The molecule has 3 aliphatic heterocycles. The SMILES string of the molecule is CCn1cc(C(=O)OCC2=C(C(=O)O)N3C(=O)[C@@H](NC(=O)COc4ccccc4)C3SC2)c(=O)c2cc3c(cc21)OCO3. The minimum absolute atomic E-state index is 0.0239. The molecule has 1 fully saturated rings. The molecule has 222 valence electrons. The Labute approximate surface area is 247 Å². The van der Waals surface area contributed by atoms with E-state index in [2.05, 4.69) is 5.32 Å². The van der Waals surface area contributed by atoms with Crippen LogP contribution in [0.3, 0.4) is 0 Å². The van der Waals surface area contributed by atoms with Gasteiger partial charge in [-0.3, -0.25) is 19.3 Å². The molecule has 0 spiro atoms. The normalized spacial score (nSPS) is 18.6. The van der Waals surface area contributed by atoms with Crippen molar-refractivity contribution in [2.24, 2.45) is 0 Å². The molecule has 2 aromatic carbocycles. The Hall–Kier alpha value is -4.98. The maximum absolute atomic E-state index is 13.2. The molecule has 0 aliphatic carbocycles. The first-order valence-corrected chi connectivity index (χ1v) is 14.3. The molecule has 3 aromatic rings. The Kier molecular flexibility index (Phi) is 7.44. The summed E-state index contributed by atoms with van der Waals surface area (Å²) in [6.45, 7) is 1.55. The van der Waals surface area contributed by atoms with Crippen LogP contribution < -0.4 is 25.0 Å². The first-order valence-electron chi connectivity index (χ1n) is 13.3. The molecule has 14 heteroatoms. The van der Waals surface area contributed by atoms with E-state index in [9.17, 15) is 29.1 Å². The number of aromatic nitrogens is 1. The predicted molar refractivity (Wildman–Crippen MR) is 152 cm³/mol. The van der Waals surface area contributed by atoms with Crippen molar-refractivity contribution in [3.05, 3.63) is 75.7 Å².